The summed E-state index contributed by atoms with van der Waals surface area (Å²) in [6, 6.07) is 0.808. The van der Waals surface area contributed by atoms with Gasteiger partial charge in [-0.05, 0) is 26.3 Å². The van der Waals surface area contributed by atoms with Gasteiger partial charge in [0.05, 0.1) is 6.33 Å². The molecule has 1 fully saturated rings. The summed E-state index contributed by atoms with van der Waals surface area (Å²) < 4.78 is 0. The zero-order valence-corrected chi connectivity index (χ0v) is 9.29. The lowest BCUT2D eigenvalue weighted by atomic mass is 10.0. The smallest absolute Gasteiger partial charge is 0.276 e. The van der Waals surface area contributed by atoms with Gasteiger partial charge in [-0.25, -0.2) is 4.98 Å². The summed E-state index contributed by atoms with van der Waals surface area (Å²) >= 11 is 0. The van der Waals surface area contributed by atoms with Crippen molar-refractivity contribution < 1.29 is 0 Å². The number of hydrogen-bond donors (Lipinski definition) is 4. The summed E-state index contributed by atoms with van der Waals surface area (Å²) in [6.45, 7) is 3.12. The molecule has 6 nitrogen and oxygen atoms in total. The fourth-order valence-electron chi connectivity index (χ4n) is 1.98. The lowest BCUT2D eigenvalue weighted by Crippen LogP contribution is -2.41. The minimum absolute atomic E-state index is 0.161. The zero-order chi connectivity index (χ0) is 11.5. The van der Waals surface area contributed by atoms with Crippen molar-refractivity contribution in [3.8, 4) is 0 Å². The van der Waals surface area contributed by atoms with E-state index in [1.54, 1.807) is 0 Å². The highest BCUT2D eigenvalue weighted by atomic mass is 16.1. The number of nitrogens with two attached hydrogens (primary N) is 1. The van der Waals surface area contributed by atoms with Gasteiger partial charge in [-0.1, -0.05) is 0 Å². The van der Waals surface area contributed by atoms with Crippen molar-refractivity contribution >= 4 is 11.5 Å². The summed E-state index contributed by atoms with van der Waals surface area (Å²) in [6.07, 6.45) is 3.39. The van der Waals surface area contributed by atoms with Gasteiger partial charge >= 0.3 is 0 Å². The first kappa shape index (κ1) is 10.9. The van der Waals surface area contributed by atoms with Crippen LogP contribution in [0.1, 0.15) is 19.8 Å². The van der Waals surface area contributed by atoms with Crippen molar-refractivity contribution in [3.05, 3.63) is 16.7 Å². The maximum Gasteiger partial charge on any atom is 0.276 e. The molecule has 2 unspecified atom stereocenters. The highest BCUT2D eigenvalue weighted by Crippen LogP contribution is 2.16. The molecule has 1 aliphatic rings. The van der Waals surface area contributed by atoms with E-state index in [4.69, 9.17) is 5.73 Å². The predicted octanol–water partition coefficient (Wildman–Crippen LogP) is -0.0955. The monoisotopic (exact) mass is 223 g/mol. The second kappa shape index (κ2) is 4.52. The first-order chi connectivity index (χ1) is 7.66. The fourth-order valence-corrected chi connectivity index (χ4v) is 1.98. The number of aromatic amines is 1. The molecule has 0 bridgehead atoms. The van der Waals surface area contributed by atoms with Crippen molar-refractivity contribution in [3.63, 3.8) is 0 Å². The summed E-state index contributed by atoms with van der Waals surface area (Å²) in [5.74, 6) is 0.489. The SMILES string of the molecule is CC1CC(Nc2nc[nH]c(=O)c2N)CCN1. The highest BCUT2D eigenvalue weighted by molar-refractivity contribution is 5.59. The van der Waals surface area contributed by atoms with Crippen LogP contribution >= 0.6 is 0 Å². The molecule has 1 saturated heterocycles. The fraction of sp³-hybridized carbons (Fsp3) is 0.600. The second-order valence-electron chi connectivity index (χ2n) is 4.21. The van der Waals surface area contributed by atoms with E-state index in [2.05, 4.69) is 27.5 Å². The Morgan fingerprint density at radius 1 is 1.62 bits per heavy atom. The molecular formula is C10H17N5O. The van der Waals surface area contributed by atoms with Crippen molar-refractivity contribution in [1.82, 2.24) is 15.3 Å². The van der Waals surface area contributed by atoms with E-state index in [1.165, 1.54) is 6.33 Å². The van der Waals surface area contributed by atoms with Crippen molar-refractivity contribution in [1.29, 1.82) is 0 Å². The van der Waals surface area contributed by atoms with Crippen LogP contribution in [0.3, 0.4) is 0 Å². The third kappa shape index (κ3) is 2.33. The molecular weight excluding hydrogens is 206 g/mol. The average molecular weight is 223 g/mol. The maximum atomic E-state index is 11.3. The maximum absolute atomic E-state index is 11.3. The van der Waals surface area contributed by atoms with Gasteiger partial charge < -0.3 is 21.4 Å². The molecule has 2 rings (SSSR count). The van der Waals surface area contributed by atoms with E-state index in [0.29, 0.717) is 17.9 Å². The minimum atomic E-state index is -0.292. The number of H-pyrrole nitrogens is 1. The molecule has 0 amide bonds. The van der Waals surface area contributed by atoms with E-state index in [0.717, 1.165) is 19.4 Å². The third-order valence-corrected chi connectivity index (χ3v) is 2.85. The van der Waals surface area contributed by atoms with Crippen LogP contribution in [0.4, 0.5) is 11.5 Å². The van der Waals surface area contributed by atoms with Crippen LogP contribution in [0, 0.1) is 0 Å². The molecule has 1 aliphatic heterocycles. The number of nitrogens with zero attached hydrogens (tertiary/aromatic N) is 1. The average Bonchev–Trinajstić information content (AvgIpc) is 2.25. The summed E-state index contributed by atoms with van der Waals surface area (Å²) in [4.78, 5) is 17.8. The van der Waals surface area contributed by atoms with E-state index in [9.17, 15) is 4.79 Å². The number of nitrogen functional groups attached to an aromatic ring is 1. The van der Waals surface area contributed by atoms with Gasteiger partial charge in [0, 0.05) is 12.1 Å². The molecule has 0 radical (unpaired) electrons. The van der Waals surface area contributed by atoms with Crippen LogP contribution in [0.15, 0.2) is 11.1 Å². The van der Waals surface area contributed by atoms with Crippen molar-refractivity contribution in [2.24, 2.45) is 0 Å². The molecule has 2 atom stereocenters. The summed E-state index contributed by atoms with van der Waals surface area (Å²) in [5, 5.41) is 6.59. The highest BCUT2D eigenvalue weighted by Gasteiger charge is 2.19. The molecule has 2 heterocycles. The van der Waals surface area contributed by atoms with E-state index < -0.39 is 0 Å². The lowest BCUT2D eigenvalue weighted by molar-refractivity contribution is 0.396. The van der Waals surface area contributed by atoms with Gasteiger partial charge in [0.1, 0.15) is 5.69 Å². The molecule has 1 aromatic heterocycles. The van der Waals surface area contributed by atoms with Crippen LogP contribution in [0.2, 0.25) is 0 Å². The zero-order valence-electron chi connectivity index (χ0n) is 9.29. The molecule has 0 aliphatic carbocycles. The number of piperidine rings is 1. The van der Waals surface area contributed by atoms with Crippen LogP contribution in [0.5, 0.6) is 0 Å². The summed E-state index contributed by atoms with van der Waals surface area (Å²) in [5.41, 5.74) is 5.52. The quantitative estimate of drug-likeness (QED) is 0.561. The number of hydrogen-bond acceptors (Lipinski definition) is 5. The van der Waals surface area contributed by atoms with Gasteiger partial charge in [-0.15, -0.1) is 0 Å². The molecule has 0 aromatic carbocycles. The standard InChI is InChI=1S/C10H17N5O/c1-6-4-7(2-3-12-6)15-9-8(11)10(16)14-5-13-9/h5-7,12H,2-4,11H2,1H3,(H2,13,14,15,16). The first-order valence-electron chi connectivity index (χ1n) is 5.50. The molecule has 1 aromatic rings. The van der Waals surface area contributed by atoms with Crippen LogP contribution in [-0.4, -0.2) is 28.6 Å². The minimum Gasteiger partial charge on any atom is -0.391 e. The molecule has 88 valence electrons. The molecule has 0 saturated carbocycles. The Hall–Kier alpha value is -1.56. The third-order valence-electron chi connectivity index (χ3n) is 2.85. The van der Waals surface area contributed by atoms with Crippen molar-refractivity contribution in [2.45, 2.75) is 31.8 Å². The van der Waals surface area contributed by atoms with Crippen molar-refractivity contribution in [2.75, 3.05) is 17.6 Å². The predicted molar refractivity (Wildman–Crippen MR) is 63.4 cm³/mol. The van der Waals surface area contributed by atoms with E-state index in [-0.39, 0.29) is 11.2 Å². The van der Waals surface area contributed by atoms with Gasteiger partial charge in [0.2, 0.25) is 0 Å². The van der Waals surface area contributed by atoms with Gasteiger partial charge in [-0.3, -0.25) is 4.79 Å². The Labute approximate surface area is 93.7 Å². The Balaban J connectivity index is 2.08. The largest absolute Gasteiger partial charge is 0.391 e. The number of nitrogens with one attached hydrogen (secondary N) is 3. The van der Waals surface area contributed by atoms with Crippen LogP contribution in [0.25, 0.3) is 0 Å². The van der Waals surface area contributed by atoms with Crippen LogP contribution < -0.4 is 21.9 Å². The Morgan fingerprint density at radius 3 is 3.19 bits per heavy atom. The molecule has 0 spiro atoms. The Bertz CT molecular complexity index is 416. The molecule has 5 N–H and O–H groups in total. The molecule has 6 heteroatoms. The van der Waals surface area contributed by atoms with Gasteiger partial charge in [0.25, 0.3) is 5.56 Å². The van der Waals surface area contributed by atoms with E-state index in [1.807, 2.05) is 0 Å². The normalized spacial score (nSPS) is 25.3. The van der Waals surface area contributed by atoms with Gasteiger partial charge in [-0.2, -0.15) is 0 Å². The molecule has 16 heavy (non-hydrogen) atoms. The number of rotatable bonds is 2. The Morgan fingerprint density at radius 2 is 2.44 bits per heavy atom. The number of anilines is 2. The number of aromatic nitrogens is 2. The van der Waals surface area contributed by atoms with E-state index >= 15 is 0 Å². The lowest BCUT2D eigenvalue weighted by Gasteiger charge is -2.29. The Kier molecular flexibility index (Phi) is 3.09. The van der Waals surface area contributed by atoms with Gasteiger partial charge in [0.15, 0.2) is 5.82 Å². The first-order valence-corrected chi connectivity index (χ1v) is 5.50. The topological polar surface area (TPSA) is 95.8 Å². The van der Waals surface area contributed by atoms with Crippen LogP contribution in [-0.2, 0) is 0 Å². The summed E-state index contributed by atoms with van der Waals surface area (Å²) in [7, 11) is 0. The second-order valence-corrected chi connectivity index (χ2v) is 4.21.